The average Bonchev–Trinajstić information content (AvgIpc) is 2.06. The second kappa shape index (κ2) is 3.81. The Hall–Kier alpha value is -1.25. The Morgan fingerprint density at radius 2 is 2.00 bits per heavy atom. The van der Waals surface area contributed by atoms with Crippen molar-refractivity contribution in [1.82, 2.24) is 5.32 Å². The van der Waals surface area contributed by atoms with Crippen molar-refractivity contribution < 1.29 is 4.79 Å². The highest BCUT2D eigenvalue weighted by molar-refractivity contribution is 6.83. The molecule has 0 saturated carbocycles. The first-order valence-electron chi connectivity index (χ1n) is 3.44. The molecule has 0 aliphatic heterocycles. The highest BCUT2D eigenvalue weighted by Gasteiger charge is 2.01. The highest BCUT2D eigenvalue weighted by Crippen LogP contribution is 1.80. The number of carbonyl (C=O) groups is 1. The first kappa shape index (κ1) is 7.86. The van der Waals surface area contributed by atoms with Gasteiger partial charge >= 0.3 is 0 Å². The summed E-state index contributed by atoms with van der Waals surface area (Å²) in [6.45, 7) is 0. The molecule has 1 amide bonds. The van der Waals surface area contributed by atoms with E-state index in [0.29, 0.717) is 0 Å². The average molecular weight is 146 g/mol. The molecule has 0 atom stereocenters. The Morgan fingerprint density at radius 1 is 1.36 bits per heavy atom. The van der Waals surface area contributed by atoms with Gasteiger partial charge in [-0.05, 0) is 0 Å². The molecule has 1 radical (unpaired) electrons. The SMILES string of the molecule is CNC(=O)[B]c1ccccc1. The first-order valence-corrected chi connectivity index (χ1v) is 3.44. The molecular weight excluding hydrogens is 137 g/mol. The molecule has 3 heteroatoms. The van der Waals surface area contributed by atoms with Gasteiger partial charge in [0.25, 0.3) is 7.28 Å². The van der Waals surface area contributed by atoms with Crippen molar-refractivity contribution in [3.8, 4) is 0 Å². The summed E-state index contributed by atoms with van der Waals surface area (Å²) in [7, 11) is 3.17. The normalized spacial score (nSPS) is 8.82. The summed E-state index contributed by atoms with van der Waals surface area (Å²) in [6, 6.07) is 9.48. The van der Waals surface area contributed by atoms with E-state index in [9.17, 15) is 4.79 Å². The van der Waals surface area contributed by atoms with Crippen molar-refractivity contribution in [2.24, 2.45) is 0 Å². The molecule has 0 heterocycles. The molecule has 0 unspecified atom stereocenters. The summed E-state index contributed by atoms with van der Waals surface area (Å²) in [4.78, 5) is 10.8. The molecule has 1 aromatic carbocycles. The van der Waals surface area contributed by atoms with Gasteiger partial charge in [-0.15, -0.1) is 0 Å². The maximum Gasteiger partial charge on any atom is 0.271 e. The summed E-state index contributed by atoms with van der Waals surface area (Å²) < 4.78 is 0. The van der Waals surface area contributed by atoms with Gasteiger partial charge in [-0.25, -0.2) is 0 Å². The molecule has 0 saturated heterocycles. The van der Waals surface area contributed by atoms with E-state index < -0.39 is 0 Å². The number of nitrogens with one attached hydrogen (secondary N) is 1. The Morgan fingerprint density at radius 3 is 2.55 bits per heavy atom. The minimum absolute atomic E-state index is 0.0730. The van der Waals surface area contributed by atoms with Gasteiger partial charge < -0.3 is 5.32 Å². The molecule has 1 N–H and O–H groups in total. The van der Waals surface area contributed by atoms with Gasteiger partial charge in [0.05, 0.1) is 0 Å². The molecule has 55 valence electrons. The maximum atomic E-state index is 10.8. The Bertz CT molecular complexity index is 235. The third-order valence-corrected chi connectivity index (χ3v) is 1.34. The van der Waals surface area contributed by atoms with E-state index in [2.05, 4.69) is 5.32 Å². The van der Waals surface area contributed by atoms with Crippen LogP contribution >= 0.6 is 0 Å². The summed E-state index contributed by atoms with van der Waals surface area (Å²) in [5, 5.41) is 2.52. The molecule has 2 nitrogen and oxygen atoms in total. The van der Waals surface area contributed by atoms with Crippen LogP contribution in [0.3, 0.4) is 0 Å². The van der Waals surface area contributed by atoms with Crippen LogP contribution in [-0.4, -0.2) is 20.1 Å². The van der Waals surface area contributed by atoms with E-state index in [0.717, 1.165) is 5.46 Å². The number of hydrogen-bond donors (Lipinski definition) is 1. The van der Waals surface area contributed by atoms with Gasteiger partial charge in [0.2, 0.25) is 0 Å². The van der Waals surface area contributed by atoms with Crippen molar-refractivity contribution in [1.29, 1.82) is 0 Å². The number of benzene rings is 1. The minimum atomic E-state index is -0.0730. The minimum Gasteiger partial charge on any atom is -0.368 e. The van der Waals surface area contributed by atoms with E-state index in [1.54, 1.807) is 14.3 Å². The fraction of sp³-hybridized carbons (Fsp3) is 0.125. The lowest BCUT2D eigenvalue weighted by Crippen LogP contribution is -2.31. The molecule has 0 aromatic heterocycles. The number of hydrogen-bond acceptors (Lipinski definition) is 1. The van der Waals surface area contributed by atoms with Gasteiger partial charge in [-0.1, -0.05) is 35.8 Å². The summed E-state index contributed by atoms with van der Waals surface area (Å²) in [5.74, 6) is -0.0730. The van der Waals surface area contributed by atoms with Crippen LogP contribution < -0.4 is 10.8 Å². The van der Waals surface area contributed by atoms with E-state index in [1.165, 1.54) is 0 Å². The standard InChI is InChI=1S/C8H9BNO/c1-10-8(11)9-7-5-3-2-4-6-7/h2-6H,1H3,(H,10,11). The third-order valence-electron chi connectivity index (χ3n) is 1.34. The lowest BCUT2D eigenvalue weighted by Gasteiger charge is -1.96. The predicted octanol–water partition coefficient (Wildman–Crippen LogP) is 0.355. The zero-order valence-corrected chi connectivity index (χ0v) is 6.37. The molecule has 0 aliphatic rings. The number of rotatable bonds is 2. The smallest absolute Gasteiger partial charge is 0.271 e. The summed E-state index contributed by atoms with van der Waals surface area (Å²) in [5.41, 5.74) is 0.923. The van der Waals surface area contributed by atoms with Crippen LogP contribution in [0.1, 0.15) is 0 Å². The number of amides is 1. The molecule has 0 spiro atoms. The van der Waals surface area contributed by atoms with Gasteiger partial charge in [-0.3, -0.25) is 4.79 Å². The summed E-state index contributed by atoms with van der Waals surface area (Å²) in [6.07, 6.45) is 0. The second-order valence-electron chi connectivity index (χ2n) is 2.17. The van der Waals surface area contributed by atoms with Crippen molar-refractivity contribution in [3.63, 3.8) is 0 Å². The third kappa shape index (κ3) is 2.46. The monoisotopic (exact) mass is 146 g/mol. The van der Waals surface area contributed by atoms with Crippen molar-refractivity contribution in [2.45, 2.75) is 0 Å². The second-order valence-corrected chi connectivity index (χ2v) is 2.17. The Balaban J connectivity index is 2.58. The zero-order chi connectivity index (χ0) is 8.10. The molecule has 11 heavy (non-hydrogen) atoms. The lowest BCUT2D eigenvalue weighted by molar-refractivity contribution is 0.261. The van der Waals surface area contributed by atoms with E-state index in [4.69, 9.17) is 0 Å². The van der Waals surface area contributed by atoms with Crippen LogP contribution in [0.4, 0.5) is 4.79 Å². The van der Waals surface area contributed by atoms with Crippen LogP contribution in [-0.2, 0) is 0 Å². The van der Waals surface area contributed by atoms with Crippen LogP contribution in [0.2, 0.25) is 0 Å². The topological polar surface area (TPSA) is 29.1 Å². The Labute approximate surface area is 66.9 Å². The van der Waals surface area contributed by atoms with Crippen LogP contribution in [0.15, 0.2) is 30.3 Å². The molecule has 1 rings (SSSR count). The van der Waals surface area contributed by atoms with Crippen LogP contribution in [0.25, 0.3) is 0 Å². The zero-order valence-electron chi connectivity index (χ0n) is 6.37. The molecule has 0 fully saturated rings. The van der Waals surface area contributed by atoms with Gasteiger partial charge in [0.1, 0.15) is 0 Å². The van der Waals surface area contributed by atoms with Gasteiger partial charge in [0.15, 0.2) is 5.81 Å². The maximum absolute atomic E-state index is 10.8. The largest absolute Gasteiger partial charge is 0.368 e. The summed E-state index contributed by atoms with van der Waals surface area (Å²) >= 11 is 0. The van der Waals surface area contributed by atoms with Gasteiger partial charge in [0, 0.05) is 7.05 Å². The molecule has 1 aromatic rings. The van der Waals surface area contributed by atoms with E-state index in [1.807, 2.05) is 30.3 Å². The molecular formula is C8H9BNO. The molecule has 0 aliphatic carbocycles. The first-order chi connectivity index (χ1) is 5.33. The number of carbonyl (C=O) groups excluding carboxylic acids is 1. The predicted molar refractivity (Wildman–Crippen MR) is 46.3 cm³/mol. The quantitative estimate of drug-likeness (QED) is 0.599. The fourth-order valence-corrected chi connectivity index (χ4v) is 0.773. The van der Waals surface area contributed by atoms with Crippen molar-refractivity contribution in [3.05, 3.63) is 30.3 Å². The van der Waals surface area contributed by atoms with Crippen LogP contribution in [0.5, 0.6) is 0 Å². The fourth-order valence-electron chi connectivity index (χ4n) is 0.773. The van der Waals surface area contributed by atoms with Crippen molar-refractivity contribution >= 4 is 18.5 Å². The van der Waals surface area contributed by atoms with E-state index >= 15 is 0 Å². The van der Waals surface area contributed by atoms with Gasteiger partial charge in [-0.2, -0.15) is 0 Å². The van der Waals surface area contributed by atoms with Crippen LogP contribution in [0, 0.1) is 0 Å². The Kier molecular flexibility index (Phi) is 2.72. The molecule has 0 bridgehead atoms. The lowest BCUT2D eigenvalue weighted by atomic mass is 9.69. The highest BCUT2D eigenvalue weighted by atomic mass is 16.1. The van der Waals surface area contributed by atoms with Crippen molar-refractivity contribution in [2.75, 3.05) is 7.05 Å². The van der Waals surface area contributed by atoms with E-state index in [-0.39, 0.29) is 5.81 Å².